The van der Waals surface area contributed by atoms with Crippen LogP contribution in [0, 0.1) is 0 Å². The van der Waals surface area contributed by atoms with Crippen molar-refractivity contribution in [2.45, 2.75) is 6.54 Å². The lowest BCUT2D eigenvalue weighted by molar-refractivity contribution is 0.112. The standard InChI is InChI=1S/C17H13Cl2NO2/c1-22-13-6-7-16-14(8-13)15(10-21)17(19)20(16)9-11-2-4-12(18)5-3-11/h2-8,10H,9H2,1H3. The van der Waals surface area contributed by atoms with Crippen molar-refractivity contribution in [1.29, 1.82) is 0 Å². The Morgan fingerprint density at radius 3 is 2.50 bits per heavy atom. The van der Waals surface area contributed by atoms with Gasteiger partial charge in [0.15, 0.2) is 6.29 Å². The Labute approximate surface area is 138 Å². The van der Waals surface area contributed by atoms with Crippen LogP contribution in [0.15, 0.2) is 42.5 Å². The van der Waals surface area contributed by atoms with Crippen LogP contribution in [0.5, 0.6) is 5.75 Å². The van der Waals surface area contributed by atoms with Crippen molar-refractivity contribution in [3.05, 3.63) is 63.8 Å². The molecule has 0 saturated heterocycles. The summed E-state index contributed by atoms with van der Waals surface area (Å²) < 4.78 is 7.13. The fraction of sp³-hybridized carbons (Fsp3) is 0.118. The van der Waals surface area contributed by atoms with E-state index in [4.69, 9.17) is 27.9 Å². The van der Waals surface area contributed by atoms with Crippen molar-refractivity contribution in [2.75, 3.05) is 7.11 Å². The molecule has 0 N–H and O–H groups in total. The third kappa shape index (κ3) is 2.58. The van der Waals surface area contributed by atoms with Crippen molar-refractivity contribution in [3.63, 3.8) is 0 Å². The Bertz CT molecular complexity index is 838. The average Bonchev–Trinajstić information content (AvgIpc) is 2.80. The van der Waals surface area contributed by atoms with Crippen LogP contribution in [0.2, 0.25) is 10.2 Å². The summed E-state index contributed by atoms with van der Waals surface area (Å²) in [7, 11) is 1.59. The quantitative estimate of drug-likeness (QED) is 0.641. The number of methoxy groups -OCH3 is 1. The van der Waals surface area contributed by atoms with E-state index < -0.39 is 0 Å². The van der Waals surface area contributed by atoms with E-state index in [0.717, 1.165) is 22.8 Å². The zero-order chi connectivity index (χ0) is 15.7. The highest BCUT2D eigenvalue weighted by Gasteiger charge is 2.16. The number of ether oxygens (including phenoxy) is 1. The molecule has 3 aromatic rings. The van der Waals surface area contributed by atoms with E-state index in [1.54, 1.807) is 7.11 Å². The van der Waals surface area contributed by atoms with Gasteiger partial charge in [-0.1, -0.05) is 35.3 Å². The summed E-state index contributed by atoms with van der Waals surface area (Å²) in [4.78, 5) is 11.4. The Kier molecular flexibility index (Phi) is 4.10. The normalized spacial score (nSPS) is 10.9. The number of rotatable bonds is 4. The first-order valence-electron chi connectivity index (χ1n) is 6.69. The average molecular weight is 334 g/mol. The fourth-order valence-corrected chi connectivity index (χ4v) is 2.92. The Balaban J connectivity index is 2.14. The minimum atomic E-state index is 0.424. The lowest BCUT2D eigenvalue weighted by Crippen LogP contribution is -1.99. The van der Waals surface area contributed by atoms with Gasteiger partial charge in [0.2, 0.25) is 0 Å². The van der Waals surface area contributed by atoms with Gasteiger partial charge in [-0.05, 0) is 35.9 Å². The van der Waals surface area contributed by atoms with Crippen molar-refractivity contribution in [3.8, 4) is 5.75 Å². The first kappa shape index (κ1) is 14.9. The van der Waals surface area contributed by atoms with Crippen molar-refractivity contribution in [1.82, 2.24) is 4.57 Å². The molecule has 0 aliphatic rings. The maximum atomic E-state index is 11.4. The summed E-state index contributed by atoms with van der Waals surface area (Å²) >= 11 is 12.3. The maximum Gasteiger partial charge on any atom is 0.153 e. The number of halogens is 2. The van der Waals surface area contributed by atoms with Crippen LogP contribution in [0.25, 0.3) is 10.9 Å². The lowest BCUT2D eigenvalue weighted by Gasteiger charge is -2.08. The second kappa shape index (κ2) is 6.03. The summed E-state index contributed by atoms with van der Waals surface area (Å²) in [5, 5.41) is 1.90. The summed E-state index contributed by atoms with van der Waals surface area (Å²) in [6.07, 6.45) is 0.780. The Morgan fingerprint density at radius 1 is 1.14 bits per heavy atom. The lowest BCUT2D eigenvalue weighted by atomic mass is 10.2. The van der Waals surface area contributed by atoms with Gasteiger partial charge in [-0.25, -0.2) is 0 Å². The van der Waals surface area contributed by atoms with E-state index in [2.05, 4.69) is 0 Å². The number of aldehydes is 1. The summed E-state index contributed by atoms with van der Waals surface area (Å²) in [6.45, 7) is 0.562. The van der Waals surface area contributed by atoms with Gasteiger partial charge in [-0.3, -0.25) is 4.79 Å². The van der Waals surface area contributed by atoms with Gasteiger partial charge in [-0.15, -0.1) is 0 Å². The van der Waals surface area contributed by atoms with Crippen molar-refractivity contribution < 1.29 is 9.53 Å². The minimum Gasteiger partial charge on any atom is -0.497 e. The molecule has 0 amide bonds. The van der Waals surface area contributed by atoms with E-state index >= 15 is 0 Å². The van der Waals surface area contributed by atoms with Crippen molar-refractivity contribution in [2.24, 2.45) is 0 Å². The van der Waals surface area contributed by atoms with Gasteiger partial charge < -0.3 is 9.30 Å². The van der Waals surface area contributed by atoms with Crippen LogP contribution in [-0.2, 0) is 6.54 Å². The molecule has 0 saturated carbocycles. The van der Waals surface area contributed by atoms with Gasteiger partial charge in [0.25, 0.3) is 0 Å². The zero-order valence-corrected chi connectivity index (χ0v) is 13.4. The molecule has 0 radical (unpaired) electrons. The molecule has 3 nitrogen and oxygen atoms in total. The van der Waals surface area contributed by atoms with Crippen LogP contribution >= 0.6 is 23.2 Å². The molecule has 112 valence electrons. The second-order valence-electron chi connectivity index (χ2n) is 4.92. The largest absolute Gasteiger partial charge is 0.497 e. The number of hydrogen-bond acceptors (Lipinski definition) is 2. The van der Waals surface area contributed by atoms with Gasteiger partial charge >= 0.3 is 0 Å². The first-order chi connectivity index (χ1) is 10.6. The monoisotopic (exact) mass is 333 g/mol. The van der Waals surface area contributed by atoms with Gasteiger partial charge in [0, 0.05) is 17.0 Å². The molecule has 2 aromatic carbocycles. The number of nitrogens with zero attached hydrogens (tertiary/aromatic N) is 1. The molecule has 3 rings (SSSR count). The molecule has 0 unspecified atom stereocenters. The fourth-order valence-electron chi connectivity index (χ4n) is 2.49. The van der Waals surface area contributed by atoms with E-state index in [-0.39, 0.29) is 0 Å². The predicted octanol–water partition coefficient (Wildman–Crippen LogP) is 4.82. The number of aromatic nitrogens is 1. The topological polar surface area (TPSA) is 31.2 Å². The van der Waals surface area contributed by atoms with E-state index in [0.29, 0.717) is 28.0 Å². The molecule has 22 heavy (non-hydrogen) atoms. The van der Waals surface area contributed by atoms with Crippen LogP contribution in [0.4, 0.5) is 0 Å². The van der Waals surface area contributed by atoms with Crippen LogP contribution in [0.3, 0.4) is 0 Å². The molecule has 0 bridgehead atoms. The molecule has 1 aromatic heterocycles. The molecule has 0 atom stereocenters. The first-order valence-corrected chi connectivity index (χ1v) is 7.45. The van der Waals surface area contributed by atoms with Gasteiger partial charge in [0.1, 0.15) is 10.9 Å². The summed E-state index contributed by atoms with van der Waals surface area (Å²) in [5.41, 5.74) is 2.42. The van der Waals surface area contributed by atoms with Crippen LogP contribution in [-0.4, -0.2) is 18.0 Å². The van der Waals surface area contributed by atoms with E-state index in [9.17, 15) is 4.79 Å². The summed E-state index contributed by atoms with van der Waals surface area (Å²) in [5.74, 6) is 0.691. The van der Waals surface area contributed by atoms with Crippen LogP contribution in [0.1, 0.15) is 15.9 Å². The molecule has 1 heterocycles. The summed E-state index contributed by atoms with van der Waals surface area (Å²) in [6, 6.07) is 13.1. The highest BCUT2D eigenvalue weighted by atomic mass is 35.5. The van der Waals surface area contributed by atoms with Gasteiger partial charge in [0.05, 0.1) is 18.2 Å². The number of fused-ring (bicyclic) bond motifs is 1. The number of carbonyl (C=O) groups excluding carboxylic acids is 1. The third-order valence-corrected chi connectivity index (χ3v) is 4.28. The smallest absolute Gasteiger partial charge is 0.153 e. The molecule has 0 spiro atoms. The molecular formula is C17H13Cl2NO2. The zero-order valence-electron chi connectivity index (χ0n) is 11.8. The molecule has 0 fully saturated rings. The minimum absolute atomic E-state index is 0.424. The number of benzene rings is 2. The number of carbonyl (C=O) groups is 1. The molecular weight excluding hydrogens is 321 g/mol. The Morgan fingerprint density at radius 2 is 1.86 bits per heavy atom. The third-order valence-electron chi connectivity index (χ3n) is 3.62. The maximum absolute atomic E-state index is 11.4. The predicted molar refractivity (Wildman–Crippen MR) is 89.4 cm³/mol. The molecule has 0 aliphatic heterocycles. The second-order valence-corrected chi connectivity index (χ2v) is 5.71. The van der Waals surface area contributed by atoms with Crippen molar-refractivity contribution >= 4 is 40.4 Å². The Hall–Kier alpha value is -1.97. The van der Waals surface area contributed by atoms with Crippen LogP contribution < -0.4 is 4.74 Å². The molecule has 0 aliphatic carbocycles. The molecule has 5 heteroatoms. The number of hydrogen-bond donors (Lipinski definition) is 0. The van der Waals surface area contributed by atoms with E-state index in [1.165, 1.54) is 0 Å². The van der Waals surface area contributed by atoms with E-state index in [1.807, 2.05) is 47.0 Å². The van der Waals surface area contributed by atoms with Gasteiger partial charge in [-0.2, -0.15) is 0 Å². The SMILES string of the molecule is COc1ccc2c(c1)c(C=O)c(Cl)n2Cc1ccc(Cl)cc1. The highest BCUT2D eigenvalue weighted by Crippen LogP contribution is 2.32. The highest BCUT2D eigenvalue weighted by molar-refractivity contribution is 6.34.